The zero-order valence-corrected chi connectivity index (χ0v) is 16.6. The van der Waals surface area contributed by atoms with Crippen LogP contribution in [0, 0.1) is 11.3 Å². The molecule has 0 heterocycles. The van der Waals surface area contributed by atoms with Gasteiger partial charge in [-0.25, -0.2) is 13.2 Å². The number of carbonyl (C=O) groups excluding carboxylic acids is 1. The van der Waals surface area contributed by atoms with Crippen LogP contribution in [0.25, 0.3) is 6.08 Å². The van der Waals surface area contributed by atoms with Gasteiger partial charge in [0.05, 0.1) is 16.5 Å². The van der Waals surface area contributed by atoms with E-state index in [1.807, 2.05) is 6.07 Å². The van der Waals surface area contributed by atoms with Crippen molar-refractivity contribution in [2.45, 2.75) is 25.3 Å². The van der Waals surface area contributed by atoms with Crippen LogP contribution in [0.4, 0.5) is 0 Å². The van der Waals surface area contributed by atoms with Gasteiger partial charge in [0, 0.05) is 24.7 Å². The van der Waals surface area contributed by atoms with Crippen LogP contribution in [0.2, 0.25) is 0 Å². The van der Waals surface area contributed by atoms with Crippen LogP contribution in [0.3, 0.4) is 0 Å². The van der Waals surface area contributed by atoms with Crippen molar-refractivity contribution in [3.63, 3.8) is 0 Å². The molecular formula is C21H22N2O4S. The van der Waals surface area contributed by atoms with E-state index < -0.39 is 16.0 Å². The number of hydrogen-bond donors (Lipinski definition) is 0. The highest BCUT2D eigenvalue weighted by atomic mass is 32.2. The molecule has 0 saturated heterocycles. The zero-order chi connectivity index (χ0) is 20.6. The Bertz CT molecular complexity index is 986. The van der Waals surface area contributed by atoms with Gasteiger partial charge in [-0.1, -0.05) is 44.2 Å². The van der Waals surface area contributed by atoms with Gasteiger partial charge in [-0.3, -0.25) is 0 Å². The highest BCUT2D eigenvalue weighted by Gasteiger charge is 2.20. The van der Waals surface area contributed by atoms with Crippen LogP contribution in [0.1, 0.15) is 30.5 Å². The number of nitriles is 1. The van der Waals surface area contributed by atoms with Crippen LogP contribution < -0.4 is 0 Å². The first-order valence-corrected chi connectivity index (χ1v) is 10.3. The number of esters is 1. The molecule has 7 heteroatoms. The lowest BCUT2D eigenvalue weighted by atomic mass is 10.1. The third kappa shape index (κ3) is 5.28. The summed E-state index contributed by atoms with van der Waals surface area (Å²) in [5, 5.41) is 9.03. The SMILES string of the molecule is CCN(CC)S(=O)(=O)c1ccc(/C=C/C(=O)OCc2ccccc2C#N)cc1. The smallest absolute Gasteiger partial charge is 0.331 e. The van der Waals surface area contributed by atoms with E-state index in [1.165, 1.54) is 22.5 Å². The second-order valence-electron chi connectivity index (χ2n) is 5.87. The molecule has 0 aliphatic heterocycles. The molecule has 0 unspecified atom stereocenters. The first-order chi connectivity index (χ1) is 13.4. The number of carbonyl (C=O) groups is 1. The summed E-state index contributed by atoms with van der Waals surface area (Å²) in [5.41, 5.74) is 1.77. The van der Waals surface area contributed by atoms with Gasteiger partial charge in [0.15, 0.2) is 0 Å². The van der Waals surface area contributed by atoms with Gasteiger partial charge in [-0.15, -0.1) is 0 Å². The van der Waals surface area contributed by atoms with E-state index in [0.717, 1.165) is 0 Å². The Hall–Kier alpha value is -2.95. The molecule has 0 bridgehead atoms. The molecule has 0 aliphatic carbocycles. The second-order valence-corrected chi connectivity index (χ2v) is 7.81. The number of hydrogen-bond acceptors (Lipinski definition) is 5. The van der Waals surface area contributed by atoms with E-state index in [4.69, 9.17) is 10.00 Å². The molecule has 0 amide bonds. The summed E-state index contributed by atoms with van der Waals surface area (Å²) in [5.74, 6) is -0.549. The fourth-order valence-electron chi connectivity index (χ4n) is 2.58. The normalized spacial score (nSPS) is 11.5. The zero-order valence-electron chi connectivity index (χ0n) is 15.8. The number of ether oxygens (including phenoxy) is 1. The van der Waals surface area contributed by atoms with Crippen LogP contribution in [-0.4, -0.2) is 31.8 Å². The standard InChI is InChI=1S/C21H22N2O4S/c1-3-23(4-2)28(25,26)20-12-9-17(10-13-20)11-14-21(24)27-16-19-8-6-5-7-18(19)15-22/h5-14H,3-4,16H2,1-2H3/b14-11+. The summed E-state index contributed by atoms with van der Waals surface area (Å²) in [6.07, 6.45) is 2.81. The van der Waals surface area contributed by atoms with Gasteiger partial charge in [-0.05, 0) is 29.8 Å². The summed E-state index contributed by atoms with van der Waals surface area (Å²) in [6.45, 7) is 4.40. The molecule has 0 N–H and O–H groups in total. The Morgan fingerprint density at radius 2 is 1.75 bits per heavy atom. The number of rotatable bonds is 8. The van der Waals surface area contributed by atoms with Crippen molar-refractivity contribution in [3.05, 3.63) is 71.3 Å². The Morgan fingerprint density at radius 1 is 1.11 bits per heavy atom. The lowest BCUT2D eigenvalue weighted by Gasteiger charge is -2.18. The molecule has 0 atom stereocenters. The summed E-state index contributed by atoms with van der Waals surface area (Å²) in [4.78, 5) is 12.1. The van der Waals surface area contributed by atoms with E-state index in [0.29, 0.717) is 29.8 Å². The lowest BCUT2D eigenvalue weighted by Crippen LogP contribution is -2.30. The van der Waals surface area contributed by atoms with Crippen LogP contribution in [0.15, 0.2) is 59.5 Å². The average molecular weight is 398 g/mol. The summed E-state index contributed by atoms with van der Waals surface area (Å²) < 4.78 is 31.4. The first-order valence-electron chi connectivity index (χ1n) is 8.85. The predicted molar refractivity (Wildman–Crippen MR) is 107 cm³/mol. The second kappa shape index (κ2) is 9.83. The van der Waals surface area contributed by atoms with E-state index in [2.05, 4.69) is 0 Å². The predicted octanol–water partition coefficient (Wildman–Crippen LogP) is 3.35. The summed E-state index contributed by atoms with van der Waals surface area (Å²) in [6, 6.07) is 15.2. The molecule has 0 fully saturated rings. The third-order valence-electron chi connectivity index (χ3n) is 4.14. The summed E-state index contributed by atoms with van der Waals surface area (Å²) in [7, 11) is -3.50. The molecule has 146 valence electrons. The molecule has 0 radical (unpaired) electrons. The number of nitrogens with zero attached hydrogens (tertiary/aromatic N) is 2. The van der Waals surface area contributed by atoms with Crippen molar-refractivity contribution in [1.82, 2.24) is 4.31 Å². The van der Waals surface area contributed by atoms with Gasteiger partial charge in [0.25, 0.3) is 0 Å². The Labute approximate surface area is 165 Å². The van der Waals surface area contributed by atoms with Crippen LogP contribution >= 0.6 is 0 Å². The highest BCUT2D eigenvalue weighted by molar-refractivity contribution is 7.89. The molecule has 0 saturated carbocycles. The molecular weight excluding hydrogens is 376 g/mol. The Kier molecular flexibility index (Phi) is 7.50. The van der Waals surface area contributed by atoms with E-state index in [-0.39, 0.29) is 11.5 Å². The summed E-state index contributed by atoms with van der Waals surface area (Å²) >= 11 is 0. The minimum atomic E-state index is -3.50. The van der Waals surface area contributed by atoms with Crippen molar-refractivity contribution in [1.29, 1.82) is 5.26 Å². The van der Waals surface area contributed by atoms with E-state index in [9.17, 15) is 13.2 Å². The van der Waals surface area contributed by atoms with Gasteiger partial charge >= 0.3 is 5.97 Å². The molecule has 2 rings (SSSR count). The molecule has 6 nitrogen and oxygen atoms in total. The molecule has 28 heavy (non-hydrogen) atoms. The minimum absolute atomic E-state index is 0.00790. The maximum Gasteiger partial charge on any atom is 0.331 e. The van der Waals surface area contributed by atoms with Gasteiger partial charge in [-0.2, -0.15) is 9.57 Å². The maximum atomic E-state index is 12.5. The van der Waals surface area contributed by atoms with Crippen LogP contribution in [-0.2, 0) is 26.2 Å². The molecule has 0 aromatic heterocycles. The third-order valence-corrected chi connectivity index (χ3v) is 6.21. The number of benzene rings is 2. The van der Waals surface area contributed by atoms with Crippen LogP contribution in [0.5, 0.6) is 0 Å². The molecule has 0 aliphatic rings. The van der Waals surface area contributed by atoms with Crippen molar-refractivity contribution in [2.24, 2.45) is 0 Å². The molecule has 2 aromatic rings. The Balaban J connectivity index is 2.01. The molecule has 2 aromatic carbocycles. The largest absolute Gasteiger partial charge is 0.458 e. The topological polar surface area (TPSA) is 87.5 Å². The number of sulfonamides is 1. The quantitative estimate of drug-likeness (QED) is 0.503. The highest BCUT2D eigenvalue weighted by Crippen LogP contribution is 2.17. The Morgan fingerprint density at radius 3 is 2.36 bits per heavy atom. The first kappa shape index (κ1) is 21.4. The minimum Gasteiger partial charge on any atom is -0.458 e. The lowest BCUT2D eigenvalue weighted by molar-refractivity contribution is -0.138. The van der Waals surface area contributed by atoms with Gasteiger partial charge in [0.1, 0.15) is 6.61 Å². The van der Waals surface area contributed by atoms with Crippen molar-refractivity contribution in [3.8, 4) is 6.07 Å². The van der Waals surface area contributed by atoms with Crippen molar-refractivity contribution in [2.75, 3.05) is 13.1 Å². The monoisotopic (exact) mass is 398 g/mol. The maximum absolute atomic E-state index is 12.5. The van der Waals surface area contributed by atoms with Crippen molar-refractivity contribution >= 4 is 22.1 Å². The fourth-order valence-corrected chi connectivity index (χ4v) is 4.04. The van der Waals surface area contributed by atoms with Crippen molar-refractivity contribution < 1.29 is 17.9 Å². The van der Waals surface area contributed by atoms with Gasteiger partial charge < -0.3 is 4.74 Å². The van der Waals surface area contributed by atoms with E-state index in [1.54, 1.807) is 56.3 Å². The van der Waals surface area contributed by atoms with Gasteiger partial charge in [0.2, 0.25) is 10.0 Å². The fraction of sp³-hybridized carbons (Fsp3) is 0.238. The average Bonchev–Trinajstić information content (AvgIpc) is 2.72. The van der Waals surface area contributed by atoms with E-state index >= 15 is 0 Å². The molecule has 0 spiro atoms.